The third-order valence-corrected chi connectivity index (χ3v) is 5.75. The van der Waals surface area contributed by atoms with Crippen LogP contribution in [0.3, 0.4) is 0 Å². The van der Waals surface area contributed by atoms with Crippen molar-refractivity contribution in [2.24, 2.45) is 7.05 Å². The van der Waals surface area contributed by atoms with E-state index < -0.39 is 0 Å². The molecule has 4 aromatic rings. The van der Waals surface area contributed by atoms with Crippen LogP contribution in [-0.4, -0.2) is 27.9 Å². The Kier molecular flexibility index (Phi) is 5.09. The summed E-state index contributed by atoms with van der Waals surface area (Å²) in [5, 5.41) is 10.3. The number of piperidine rings is 1. The first-order chi connectivity index (χ1) is 13.2. The van der Waals surface area contributed by atoms with Crippen molar-refractivity contribution in [1.82, 2.24) is 20.1 Å². The van der Waals surface area contributed by atoms with E-state index in [2.05, 4.69) is 66.0 Å². The molecule has 2 aromatic heterocycles. The van der Waals surface area contributed by atoms with Crippen LogP contribution in [0.15, 0.2) is 48.7 Å². The molecular weight excluding hydrogens is 368 g/mol. The van der Waals surface area contributed by atoms with E-state index in [0.717, 1.165) is 24.1 Å². The molecule has 1 aliphatic heterocycles. The van der Waals surface area contributed by atoms with E-state index in [-0.39, 0.29) is 12.4 Å². The second-order valence-corrected chi connectivity index (χ2v) is 7.70. The Bertz CT molecular complexity index is 1140. The maximum absolute atomic E-state index is 5.01. The van der Waals surface area contributed by atoms with Crippen LogP contribution < -0.4 is 5.32 Å². The van der Waals surface area contributed by atoms with Crippen molar-refractivity contribution in [3.05, 3.63) is 59.9 Å². The van der Waals surface area contributed by atoms with Crippen LogP contribution >= 0.6 is 12.4 Å². The van der Waals surface area contributed by atoms with Gasteiger partial charge in [0.25, 0.3) is 0 Å². The smallest absolute Gasteiger partial charge is 0.0923 e. The van der Waals surface area contributed by atoms with Gasteiger partial charge >= 0.3 is 0 Å². The molecule has 0 amide bonds. The summed E-state index contributed by atoms with van der Waals surface area (Å²) in [4.78, 5) is 5.01. The van der Waals surface area contributed by atoms with Crippen molar-refractivity contribution in [2.45, 2.75) is 25.7 Å². The van der Waals surface area contributed by atoms with Crippen LogP contribution in [0.4, 0.5) is 0 Å². The third-order valence-electron chi connectivity index (χ3n) is 5.75. The van der Waals surface area contributed by atoms with Gasteiger partial charge in [0.15, 0.2) is 0 Å². The second-order valence-electron chi connectivity index (χ2n) is 7.70. The van der Waals surface area contributed by atoms with E-state index >= 15 is 0 Å². The number of aromatic nitrogens is 3. The van der Waals surface area contributed by atoms with Gasteiger partial charge in [0.1, 0.15) is 0 Å². The highest BCUT2D eigenvalue weighted by Gasteiger charge is 2.17. The summed E-state index contributed by atoms with van der Waals surface area (Å²) < 4.78 is 1.87. The Balaban J connectivity index is 0.00000192. The lowest BCUT2D eigenvalue weighted by Crippen LogP contribution is -2.27. The van der Waals surface area contributed by atoms with Crippen LogP contribution in [0.1, 0.15) is 30.0 Å². The van der Waals surface area contributed by atoms with E-state index in [0.29, 0.717) is 5.92 Å². The lowest BCUT2D eigenvalue weighted by Gasteiger charge is -2.23. The van der Waals surface area contributed by atoms with E-state index in [1.54, 1.807) is 0 Å². The first-order valence-electron chi connectivity index (χ1n) is 9.73. The molecule has 4 nitrogen and oxygen atoms in total. The number of fused-ring (bicyclic) bond motifs is 2. The molecule has 0 unspecified atom stereocenters. The normalized spacial score (nSPS) is 15.1. The van der Waals surface area contributed by atoms with Crippen molar-refractivity contribution >= 4 is 34.2 Å². The molecule has 0 radical (unpaired) electrons. The van der Waals surface area contributed by atoms with Crippen molar-refractivity contribution in [1.29, 1.82) is 0 Å². The molecule has 0 bridgehead atoms. The average molecular weight is 393 g/mol. The monoisotopic (exact) mass is 392 g/mol. The molecule has 0 aliphatic carbocycles. The molecule has 1 aliphatic rings. The highest BCUT2D eigenvalue weighted by molar-refractivity contribution is 5.90. The summed E-state index contributed by atoms with van der Waals surface area (Å²) in [7, 11) is 1.96. The molecule has 3 heterocycles. The Morgan fingerprint density at radius 2 is 1.68 bits per heavy atom. The average Bonchev–Trinajstić information content (AvgIpc) is 3.07. The number of nitrogens with one attached hydrogen (secondary N) is 1. The van der Waals surface area contributed by atoms with Crippen LogP contribution in [0, 0.1) is 6.92 Å². The number of pyridine rings is 1. The van der Waals surface area contributed by atoms with Gasteiger partial charge in [0.2, 0.25) is 0 Å². The van der Waals surface area contributed by atoms with Gasteiger partial charge in [-0.15, -0.1) is 12.4 Å². The zero-order chi connectivity index (χ0) is 18.4. The van der Waals surface area contributed by atoms with Crippen molar-refractivity contribution < 1.29 is 0 Å². The predicted molar refractivity (Wildman–Crippen MR) is 118 cm³/mol. The summed E-state index contributed by atoms with van der Waals surface area (Å²) in [5.41, 5.74) is 7.16. The van der Waals surface area contributed by atoms with E-state index in [9.17, 15) is 0 Å². The van der Waals surface area contributed by atoms with Crippen molar-refractivity contribution in [2.75, 3.05) is 13.1 Å². The molecule has 0 atom stereocenters. The maximum atomic E-state index is 5.01. The molecule has 1 N–H and O–H groups in total. The van der Waals surface area contributed by atoms with Crippen LogP contribution in [-0.2, 0) is 7.05 Å². The molecule has 1 saturated heterocycles. The van der Waals surface area contributed by atoms with Gasteiger partial charge in [-0.2, -0.15) is 5.10 Å². The fraction of sp³-hybridized carbons (Fsp3) is 0.304. The number of halogens is 1. The molecule has 0 spiro atoms. The molecule has 1 fully saturated rings. The summed E-state index contributed by atoms with van der Waals surface area (Å²) in [6.45, 7) is 4.40. The largest absolute Gasteiger partial charge is 0.317 e. The Morgan fingerprint density at radius 3 is 2.46 bits per heavy atom. The minimum atomic E-state index is 0. The highest BCUT2D eigenvalue weighted by Crippen LogP contribution is 2.31. The molecule has 0 saturated carbocycles. The number of benzene rings is 2. The first-order valence-corrected chi connectivity index (χ1v) is 9.73. The summed E-state index contributed by atoms with van der Waals surface area (Å²) >= 11 is 0. The molecule has 5 heteroatoms. The van der Waals surface area contributed by atoms with Gasteiger partial charge in [0, 0.05) is 35.6 Å². The molecule has 28 heavy (non-hydrogen) atoms. The minimum absolute atomic E-state index is 0. The molecular formula is C23H25ClN4. The minimum Gasteiger partial charge on any atom is -0.317 e. The van der Waals surface area contributed by atoms with E-state index in [4.69, 9.17) is 4.98 Å². The fourth-order valence-corrected chi connectivity index (χ4v) is 4.26. The second kappa shape index (κ2) is 7.53. The standard InChI is InChI=1S/C23H24N4.ClH/c1-15-11-23(16-7-9-24-10-8-16)25-22-6-4-18(13-20(15)22)17-3-5-21-19(12-17)14-27(2)26-21;/h3-6,11-14,16,24H,7-10H2,1-2H3;1H. The third kappa shape index (κ3) is 3.38. The van der Waals surface area contributed by atoms with Gasteiger partial charge < -0.3 is 5.32 Å². The summed E-state index contributed by atoms with van der Waals surface area (Å²) in [6.07, 6.45) is 4.43. The van der Waals surface area contributed by atoms with Gasteiger partial charge in [-0.05, 0) is 79.9 Å². The Morgan fingerprint density at radius 1 is 0.964 bits per heavy atom. The Labute approximate surface area is 171 Å². The first kappa shape index (κ1) is 18.9. The number of hydrogen-bond acceptors (Lipinski definition) is 3. The van der Waals surface area contributed by atoms with Crippen LogP contribution in [0.25, 0.3) is 32.9 Å². The fourth-order valence-electron chi connectivity index (χ4n) is 4.26. The highest BCUT2D eigenvalue weighted by atomic mass is 35.5. The van der Waals surface area contributed by atoms with Gasteiger partial charge in [-0.1, -0.05) is 12.1 Å². The summed E-state index contributed by atoms with van der Waals surface area (Å²) in [5.74, 6) is 0.585. The summed E-state index contributed by atoms with van der Waals surface area (Å²) in [6, 6.07) is 15.4. The zero-order valence-corrected chi connectivity index (χ0v) is 17.1. The lowest BCUT2D eigenvalue weighted by molar-refractivity contribution is 0.454. The number of aryl methyl sites for hydroxylation is 2. The van der Waals surface area contributed by atoms with Crippen LogP contribution in [0.5, 0.6) is 0 Å². The van der Waals surface area contributed by atoms with E-state index in [1.807, 2.05) is 11.7 Å². The number of hydrogen-bond donors (Lipinski definition) is 1. The predicted octanol–water partition coefficient (Wildman–Crippen LogP) is 4.99. The number of nitrogens with zero attached hydrogens (tertiary/aromatic N) is 3. The number of rotatable bonds is 2. The quantitative estimate of drug-likeness (QED) is 0.522. The molecule has 2 aromatic carbocycles. The molecule has 144 valence electrons. The van der Waals surface area contributed by atoms with E-state index in [1.165, 1.54) is 46.0 Å². The topological polar surface area (TPSA) is 42.7 Å². The molecule has 5 rings (SSSR count). The van der Waals surface area contributed by atoms with Gasteiger partial charge in [-0.3, -0.25) is 9.67 Å². The Hall–Kier alpha value is -2.43. The van der Waals surface area contributed by atoms with Gasteiger partial charge in [0.05, 0.1) is 11.0 Å². The lowest BCUT2D eigenvalue weighted by atomic mass is 9.92. The van der Waals surface area contributed by atoms with Crippen molar-refractivity contribution in [3.63, 3.8) is 0 Å². The van der Waals surface area contributed by atoms with Crippen molar-refractivity contribution in [3.8, 4) is 11.1 Å². The van der Waals surface area contributed by atoms with Crippen LogP contribution in [0.2, 0.25) is 0 Å². The zero-order valence-electron chi connectivity index (χ0n) is 16.3. The maximum Gasteiger partial charge on any atom is 0.0923 e. The SMILES string of the molecule is Cc1cc(C2CCNCC2)nc2ccc(-c3ccc4nn(C)cc4c3)cc12.Cl. The van der Waals surface area contributed by atoms with Gasteiger partial charge in [-0.25, -0.2) is 0 Å².